The summed E-state index contributed by atoms with van der Waals surface area (Å²) in [6.07, 6.45) is 0.497. The number of ether oxygens (including phenoxy) is 2. The van der Waals surface area contributed by atoms with Crippen LogP contribution in [0.2, 0.25) is 0 Å². The first-order valence-corrected chi connectivity index (χ1v) is 9.41. The Morgan fingerprint density at radius 1 is 1.07 bits per heavy atom. The Balaban J connectivity index is 2.09. The quantitative estimate of drug-likeness (QED) is 0.599. The number of rotatable bonds is 9. The van der Waals surface area contributed by atoms with Crippen LogP contribution in [-0.2, 0) is 19.1 Å². The van der Waals surface area contributed by atoms with E-state index in [-0.39, 0.29) is 29.4 Å². The van der Waals surface area contributed by atoms with Crippen LogP contribution in [0.5, 0.6) is 0 Å². The molecule has 0 spiro atoms. The number of nitrogens with two attached hydrogens (primary N) is 1. The molecule has 0 bridgehead atoms. The number of furan rings is 1. The van der Waals surface area contributed by atoms with E-state index in [9.17, 15) is 19.2 Å². The van der Waals surface area contributed by atoms with Gasteiger partial charge in [0.05, 0.1) is 12.5 Å². The molecule has 1 atom stereocenters. The molecule has 0 aliphatic heterocycles. The van der Waals surface area contributed by atoms with Gasteiger partial charge in [0.25, 0.3) is 11.8 Å². The second-order valence-electron chi connectivity index (χ2n) is 6.35. The van der Waals surface area contributed by atoms with Crippen LogP contribution in [0.3, 0.4) is 0 Å². The van der Waals surface area contributed by atoms with E-state index < -0.39 is 36.3 Å². The Hall–Kier alpha value is -3.62. The van der Waals surface area contributed by atoms with Crippen molar-refractivity contribution in [1.29, 1.82) is 0 Å². The highest BCUT2D eigenvalue weighted by atomic mass is 16.5. The van der Waals surface area contributed by atoms with E-state index in [4.69, 9.17) is 19.6 Å². The van der Waals surface area contributed by atoms with Gasteiger partial charge in [-0.25, -0.2) is 4.79 Å². The lowest BCUT2D eigenvalue weighted by Crippen LogP contribution is -2.25. The Kier molecular flexibility index (Phi) is 7.74. The summed E-state index contributed by atoms with van der Waals surface area (Å²) >= 11 is 0. The van der Waals surface area contributed by atoms with E-state index in [0.717, 1.165) is 5.56 Å². The topological polar surface area (TPSA) is 138 Å². The van der Waals surface area contributed by atoms with Crippen molar-refractivity contribution in [2.75, 3.05) is 18.5 Å². The maximum atomic E-state index is 12.4. The number of carbonyl (C=O) groups is 4. The van der Waals surface area contributed by atoms with E-state index in [2.05, 4.69) is 5.32 Å². The molecule has 0 fully saturated rings. The molecule has 0 saturated heterocycles. The summed E-state index contributed by atoms with van der Waals surface area (Å²) in [6.45, 7) is 4.35. The standard InChI is InChI=1S/C21H24N2O7/c1-4-14(13-9-7-6-8-10-13)20(26)29-11-15(24)23-19-17(18(22)25)16(12(3)30-19)21(27)28-5-2/h6-10,14H,4-5,11H2,1-3H3,(H2,22,25)(H,23,24)/t14-/m0/s1. The number of aryl methyl sites for hydroxylation is 1. The average molecular weight is 416 g/mol. The Morgan fingerprint density at radius 3 is 2.30 bits per heavy atom. The summed E-state index contributed by atoms with van der Waals surface area (Å²) in [4.78, 5) is 48.5. The van der Waals surface area contributed by atoms with Crippen molar-refractivity contribution in [1.82, 2.24) is 0 Å². The molecule has 9 nitrogen and oxygen atoms in total. The van der Waals surface area contributed by atoms with Gasteiger partial charge < -0.3 is 19.6 Å². The van der Waals surface area contributed by atoms with E-state index >= 15 is 0 Å². The maximum Gasteiger partial charge on any atom is 0.342 e. The Labute approximate surface area is 173 Å². The van der Waals surface area contributed by atoms with Gasteiger partial charge in [-0.1, -0.05) is 37.3 Å². The fourth-order valence-corrected chi connectivity index (χ4v) is 2.94. The molecule has 0 radical (unpaired) electrons. The van der Waals surface area contributed by atoms with Gasteiger partial charge in [0.1, 0.15) is 16.9 Å². The lowest BCUT2D eigenvalue weighted by Gasteiger charge is -2.14. The van der Waals surface area contributed by atoms with Crippen molar-refractivity contribution in [2.45, 2.75) is 33.1 Å². The molecule has 30 heavy (non-hydrogen) atoms. The molecular weight excluding hydrogens is 392 g/mol. The highest BCUT2D eigenvalue weighted by molar-refractivity contribution is 6.10. The SMILES string of the molecule is CCOC(=O)c1c(C)oc(NC(=O)COC(=O)[C@@H](CC)c2ccccc2)c1C(N)=O. The van der Waals surface area contributed by atoms with Crippen molar-refractivity contribution in [3.8, 4) is 0 Å². The molecule has 2 aromatic rings. The predicted molar refractivity (Wildman–Crippen MR) is 107 cm³/mol. The van der Waals surface area contributed by atoms with Crippen LogP contribution >= 0.6 is 0 Å². The molecule has 0 unspecified atom stereocenters. The number of carbonyl (C=O) groups excluding carboxylic acids is 4. The number of primary amides is 1. The van der Waals surface area contributed by atoms with Crippen LogP contribution in [-0.4, -0.2) is 37.0 Å². The van der Waals surface area contributed by atoms with Gasteiger partial charge >= 0.3 is 11.9 Å². The molecule has 3 N–H and O–H groups in total. The summed E-state index contributed by atoms with van der Waals surface area (Å²) in [6, 6.07) is 9.06. The second-order valence-corrected chi connectivity index (χ2v) is 6.35. The molecule has 2 amide bonds. The summed E-state index contributed by atoms with van der Waals surface area (Å²) < 4.78 is 15.3. The molecule has 0 aliphatic rings. The van der Waals surface area contributed by atoms with Gasteiger partial charge in [0.2, 0.25) is 5.88 Å². The van der Waals surface area contributed by atoms with Gasteiger partial charge in [-0.05, 0) is 25.8 Å². The summed E-state index contributed by atoms with van der Waals surface area (Å²) in [7, 11) is 0. The first kappa shape index (κ1) is 22.7. The van der Waals surface area contributed by atoms with Crippen molar-refractivity contribution >= 4 is 29.6 Å². The zero-order chi connectivity index (χ0) is 22.3. The zero-order valence-corrected chi connectivity index (χ0v) is 17.0. The van der Waals surface area contributed by atoms with E-state index in [1.807, 2.05) is 25.1 Å². The third-order valence-electron chi connectivity index (χ3n) is 4.30. The van der Waals surface area contributed by atoms with Crippen LogP contribution in [0.25, 0.3) is 0 Å². The second kappa shape index (κ2) is 10.2. The van der Waals surface area contributed by atoms with Gasteiger partial charge in [-0.2, -0.15) is 0 Å². The smallest absolute Gasteiger partial charge is 0.342 e. The third kappa shape index (κ3) is 5.25. The summed E-state index contributed by atoms with van der Waals surface area (Å²) in [5, 5.41) is 2.31. The molecule has 2 rings (SSSR count). The van der Waals surface area contributed by atoms with Crippen LogP contribution in [0.1, 0.15) is 58.2 Å². The van der Waals surface area contributed by atoms with Crippen LogP contribution in [0, 0.1) is 6.92 Å². The molecule has 1 aromatic carbocycles. The highest BCUT2D eigenvalue weighted by Gasteiger charge is 2.29. The summed E-state index contributed by atoms with van der Waals surface area (Å²) in [5.74, 6) is -3.84. The molecule has 9 heteroatoms. The van der Waals surface area contributed by atoms with E-state index in [1.165, 1.54) is 6.92 Å². The normalized spacial score (nSPS) is 11.4. The number of nitrogens with one attached hydrogen (secondary N) is 1. The maximum absolute atomic E-state index is 12.4. The first-order valence-electron chi connectivity index (χ1n) is 9.41. The first-order chi connectivity index (χ1) is 14.3. The molecule has 0 aliphatic carbocycles. The number of esters is 2. The number of benzene rings is 1. The predicted octanol–water partition coefficient (Wildman–Crippen LogP) is 2.54. The molecule has 160 valence electrons. The fourth-order valence-electron chi connectivity index (χ4n) is 2.94. The Bertz CT molecular complexity index is 934. The van der Waals surface area contributed by atoms with Crippen molar-refractivity contribution in [2.24, 2.45) is 5.73 Å². The molecule has 1 aromatic heterocycles. The van der Waals surface area contributed by atoms with Crippen LogP contribution in [0.4, 0.5) is 5.88 Å². The van der Waals surface area contributed by atoms with Crippen molar-refractivity contribution < 1.29 is 33.1 Å². The van der Waals surface area contributed by atoms with Crippen LogP contribution in [0.15, 0.2) is 34.7 Å². The number of hydrogen-bond donors (Lipinski definition) is 2. The lowest BCUT2D eigenvalue weighted by atomic mass is 9.97. The minimum Gasteiger partial charge on any atom is -0.462 e. The number of amides is 2. The zero-order valence-electron chi connectivity index (χ0n) is 17.0. The third-order valence-corrected chi connectivity index (χ3v) is 4.30. The monoisotopic (exact) mass is 416 g/mol. The van der Waals surface area contributed by atoms with Crippen molar-refractivity contribution in [3.05, 3.63) is 52.8 Å². The number of hydrogen-bond acceptors (Lipinski definition) is 7. The molecule has 1 heterocycles. The minimum absolute atomic E-state index is 0.0599. The Morgan fingerprint density at radius 2 is 1.73 bits per heavy atom. The molecular formula is C21H24N2O7. The fraction of sp³-hybridized carbons (Fsp3) is 0.333. The minimum atomic E-state index is -0.975. The van der Waals surface area contributed by atoms with Crippen molar-refractivity contribution in [3.63, 3.8) is 0 Å². The summed E-state index contributed by atoms with van der Waals surface area (Å²) in [5.41, 5.74) is 5.65. The van der Waals surface area contributed by atoms with Gasteiger partial charge in [-0.3, -0.25) is 19.7 Å². The average Bonchev–Trinajstić information content (AvgIpc) is 3.04. The van der Waals surface area contributed by atoms with Gasteiger partial charge in [0, 0.05) is 0 Å². The lowest BCUT2D eigenvalue weighted by molar-refractivity contribution is -0.149. The van der Waals surface area contributed by atoms with E-state index in [1.54, 1.807) is 19.1 Å². The van der Waals surface area contributed by atoms with Crippen LogP contribution < -0.4 is 11.1 Å². The van der Waals surface area contributed by atoms with Gasteiger partial charge in [0.15, 0.2) is 6.61 Å². The van der Waals surface area contributed by atoms with Gasteiger partial charge in [-0.15, -0.1) is 0 Å². The number of anilines is 1. The highest BCUT2D eigenvalue weighted by Crippen LogP contribution is 2.27. The largest absolute Gasteiger partial charge is 0.462 e. The van der Waals surface area contributed by atoms with E-state index in [0.29, 0.717) is 6.42 Å². The molecule has 0 saturated carbocycles.